The summed E-state index contributed by atoms with van der Waals surface area (Å²) in [7, 11) is -2.51. The van der Waals surface area contributed by atoms with Crippen LogP contribution in [0.1, 0.15) is 45.0 Å². The summed E-state index contributed by atoms with van der Waals surface area (Å²) in [5.74, 6) is 0.899. The maximum absolute atomic E-state index is 9.31. The van der Waals surface area contributed by atoms with Crippen LogP contribution in [0, 0.1) is 11.3 Å². The summed E-state index contributed by atoms with van der Waals surface area (Å²) in [5.41, 5.74) is 1.65. The number of nitriles is 1. The van der Waals surface area contributed by atoms with Crippen LogP contribution < -0.4 is 10.4 Å². The van der Waals surface area contributed by atoms with Crippen LogP contribution >= 0.6 is 0 Å². The molecular formula is C27H30N2O2Si. The van der Waals surface area contributed by atoms with Gasteiger partial charge in [-0.1, -0.05) is 81.4 Å². The van der Waals surface area contributed by atoms with Crippen LogP contribution in [0.25, 0.3) is 6.20 Å². The molecule has 2 aromatic carbocycles. The molecule has 0 saturated heterocycles. The maximum Gasteiger partial charge on any atom is 0.261 e. The molecule has 0 amide bonds. The quantitative estimate of drug-likeness (QED) is 0.380. The van der Waals surface area contributed by atoms with Crippen molar-refractivity contribution in [2.45, 2.75) is 45.3 Å². The van der Waals surface area contributed by atoms with E-state index in [0.29, 0.717) is 18.9 Å². The standard InChI is InChI=1S/C27H30N2O2Si/c1-27(2,3)32(25-12-6-4-7-13-25,26-14-8-5-9-15-26)31-18-10-11-24-20-29-22(19-28)16-17-23(29)21-30-24/h4-9,12-17,20H,10-11,18,21H2,1-3H3. The molecule has 2 heterocycles. The number of rotatable bonds is 7. The Balaban J connectivity index is 1.55. The Morgan fingerprint density at radius 2 is 1.59 bits per heavy atom. The van der Waals surface area contributed by atoms with Gasteiger partial charge in [0.2, 0.25) is 0 Å². The van der Waals surface area contributed by atoms with Crippen molar-refractivity contribution in [3.63, 3.8) is 0 Å². The van der Waals surface area contributed by atoms with Gasteiger partial charge in [-0.05, 0) is 34.0 Å². The monoisotopic (exact) mass is 442 g/mol. The SMILES string of the molecule is CC(C)(C)[Si](OCCCC1=Cn2c(C#N)ccc2CO1)(c1ccccc1)c1ccccc1. The Morgan fingerprint density at radius 1 is 0.969 bits per heavy atom. The first-order chi connectivity index (χ1) is 15.5. The predicted octanol–water partition coefficient (Wildman–Crippen LogP) is 5.05. The summed E-state index contributed by atoms with van der Waals surface area (Å²) in [6.07, 6.45) is 3.58. The van der Waals surface area contributed by atoms with Gasteiger partial charge in [-0.15, -0.1) is 0 Å². The molecule has 4 nitrogen and oxygen atoms in total. The minimum absolute atomic E-state index is 0.0297. The van der Waals surface area contributed by atoms with E-state index < -0.39 is 8.32 Å². The fourth-order valence-electron chi connectivity index (χ4n) is 4.57. The molecule has 1 aromatic heterocycles. The normalized spacial score (nSPS) is 13.6. The van der Waals surface area contributed by atoms with Crippen LogP contribution in [0.2, 0.25) is 5.04 Å². The van der Waals surface area contributed by atoms with Crippen molar-refractivity contribution in [1.82, 2.24) is 4.57 Å². The van der Waals surface area contributed by atoms with Crippen molar-refractivity contribution in [3.05, 3.63) is 89.9 Å². The fourth-order valence-corrected chi connectivity index (χ4v) is 9.18. The first kappa shape index (κ1) is 22.1. The second kappa shape index (κ2) is 9.19. The molecule has 4 rings (SSSR count). The fraction of sp³-hybridized carbons (Fsp3) is 0.296. The number of hydrogen-bond acceptors (Lipinski definition) is 3. The van der Waals surface area contributed by atoms with Crippen LogP contribution in [-0.2, 0) is 15.8 Å². The van der Waals surface area contributed by atoms with Gasteiger partial charge in [0.05, 0.1) is 5.69 Å². The topological polar surface area (TPSA) is 47.2 Å². The van der Waals surface area contributed by atoms with Gasteiger partial charge in [-0.25, -0.2) is 0 Å². The molecule has 1 aliphatic rings. The van der Waals surface area contributed by atoms with Crippen molar-refractivity contribution in [1.29, 1.82) is 5.26 Å². The van der Waals surface area contributed by atoms with E-state index >= 15 is 0 Å². The summed E-state index contributed by atoms with van der Waals surface area (Å²) in [4.78, 5) is 0. The second-order valence-corrected chi connectivity index (χ2v) is 13.5. The van der Waals surface area contributed by atoms with Crippen molar-refractivity contribution in [2.75, 3.05) is 6.61 Å². The van der Waals surface area contributed by atoms with E-state index in [9.17, 15) is 5.26 Å². The molecule has 0 atom stereocenters. The van der Waals surface area contributed by atoms with Gasteiger partial charge in [-0.2, -0.15) is 5.26 Å². The van der Waals surface area contributed by atoms with Crippen LogP contribution in [0.5, 0.6) is 0 Å². The Bertz CT molecular complexity index is 1080. The highest BCUT2D eigenvalue weighted by atomic mass is 28.4. The molecule has 0 N–H and O–H groups in total. The van der Waals surface area contributed by atoms with Gasteiger partial charge in [-0.3, -0.25) is 0 Å². The smallest absolute Gasteiger partial charge is 0.261 e. The van der Waals surface area contributed by atoms with Gasteiger partial charge in [0.25, 0.3) is 8.32 Å². The van der Waals surface area contributed by atoms with E-state index in [-0.39, 0.29) is 5.04 Å². The summed E-state index contributed by atoms with van der Waals surface area (Å²) in [6, 6.07) is 27.4. The molecule has 5 heteroatoms. The highest BCUT2D eigenvalue weighted by Gasteiger charge is 2.49. The molecule has 1 aliphatic heterocycles. The van der Waals surface area contributed by atoms with Gasteiger partial charge >= 0.3 is 0 Å². The predicted molar refractivity (Wildman–Crippen MR) is 131 cm³/mol. The largest absolute Gasteiger partial charge is 0.490 e. The number of aromatic nitrogens is 1. The molecule has 3 aromatic rings. The van der Waals surface area contributed by atoms with Crippen LogP contribution in [0.15, 0.2) is 78.6 Å². The van der Waals surface area contributed by atoms with Crippen LogP contribution in [0.3, 0.4) is 0 Å². The van der Waals surface area contributed by atoms with E-state index in [2.05, 4.69) is 87.5 Å². The number of ether oxygens (including phenoxy) is 1. The summed E-state index contributed by atoms with van der Waals surface area (Å²) in [6.45, 7) is 8.04. The number of hydrogen-bond donors (Lipinski definition) is 0. The number of fused-ring (bicyclic) bond motifs is 1. The lowest BCUT2D eigenvalue weighted by Gasteiger charge is -2.43. The number of benzene rings is 2. The maximum atomic E-state index is 9.31. The van der Waals surface area contributed by atoms with Gasteiger partial charge in [0, 0.05) is 19.2 Å². The molecular weight excluding hydrogens is 412 g/mol. The average Bonchev–Trinajstić information content (AvgIpc) is 3.22. The molecule has 0 fully saturated rings. The van der Waals surface area contributed by atoms with Gasteiger partial charge in [0.15, 0.2) is 0 Å². The first-order valence-corrected chi connectivity index (χ1v) is 13.1. The molecule has 164 valence electrons. The van der Waals surface area contributed by atoms with Gasteiger partial charge < -0.3 is 13.7 Å². The Labute approximate surface area is 191 Å². The zero-order valence-corrected chi connectivity index (χ0v) is 20.0. The van der Waals surface area contributed by atoms with Crippen molar-refractivity contribution in [3.8, 4) is 6.07 Å². The molecule has 0 spiro atoms. The van der Waals surface area contributed by atoms with Gasteiger partial charge in [0.1, 0.15) is 24.1 Å². The van der Waals surface area contributed by atoms with Crippen LogP contribution in [0.4, 0.5) is 0 Å². The molecule has 0 aliphatic carbocycles. The molecule has 32 heavy (non-hydrogen) atoms. The minimum atomic E-state index is -2.51. The lowest BCUT2D eigenvalue weighted by Crippen LogP contribution is -2.66. The lowest BCUT2D eigenvalue weighted by molar-refractivity contribution is 0.172. The molecule has 0 radical (unpaired) electrons. The summed E-state index contributed by atoms with van der Waals surface area (Å²) < 4.78 is 14.8. The van der Waals surface area contributed by atoms with Crippen LogP contribution in [-0.4, -0.2) is 19.5 Å². The highest BCUT2D eigenvalue weighted by molar-refractivity contribution is 6.99. The van der Waals surface area contributed by atoms with E-state index in [1.165, 1.54) is 10.4 Å². The minimum Gasteiger partial charge on any atom is -0.490 e. The molecule has 0 bridgehead atoms. The lowest BCUT2D eigenvalue weighted by atomic mass is 10.2. The summed E-state index contributed by atoms with van der Waals surface area (Å²) >= 11 is 0. The molecule has 0 unspecified atom stereocenters. The second-order valence-electron chi connectivity index (χ2n) is 9.19. The Kier molecular flexibility index (Phi) is 6.36. The third-order valence-electron chi connectivity index (χ3n) is 6.10. The Morgan fingerprint density at radius 3 is 2.16 bits per heavy atom. The van der Waals surface area contributed by atoms with E-state index in [0.717, 1.165) is 24.3 Å². The zero-order chi connectivity index (χ0) is 22.6. The Hall–Kier alpha value is -3.07. The highest BCUT2D eigenvalue weighted by Crippen LogP contribution is 2.37. The zero-order valence-electron chi connectivity index (χ0n) is 19.0. The average molecular weight is 443 g/mol. The number of nitrogens with zero attached hydrogens (tertiary/aromatic N) is 2. The van der Waals surface area contributed by atoms with Crippen molar-refractivity contribution in [2.24, 2.45) is 0 Å². The molecule has 0 saturated carbocycles. The van der Waals surface area contributed by atoms with E-state index in [4.69, 9.17) is 9.16 Å². The van der Waals surface area contributed by atoms with E-state index in [1.54, 1.807) is 0 Å². The van der Waals surface area contributed by atoms with Crippen molar-refractivity contribution >= 4 is 24.9 Å². The third kappa shape index (κ3) is 4.16. The number of allylic oxidation sites excluding steroid dienone is 1. The third-order valence-corrected chi connectivity index (χ3v) is 11.1. The summed E-state index contributed by atoms with van der Waals surface area (Å²) in [5, 5.41) is 11.9. The van der Waals surface area contributed by atoms with Crippen molar-refractivity contribution < 1.29 is 9.16 Å². The first-order valence-electron chi connectivity index (χ1n) is 11.1. The van der Waals surface area contributed by atoms with E-state index in [1.807, 2.05) is 22.9 Å².